The van der Waals surface area contributed by atoms with Crippen molar-refractivity contribution < 1.29 is 23.1 Å². The fourth-order valence-electron chi connectivity index (χ4n) is 3.19. The molecule has 8 heteroatoms. The van der Waals surface area contributed by atoms with E-state index >= 15 is 0 Å². The van der Waals surface area contributed by atoms with Crippen LogP contribution in [-0.2, 0) is 23.1 Å². The zero-order valence-corrected chi connectivity index (χ0v) is 14.3. The number of aryl methyl sites for hydroxylation is 1. The van der Waals surface area contributed by atoms with E-state index in [1.165, 1.54) is 12.1 Å². The Morgan fingerprint density at radius 1 is 1.27 bits per heavy atom. The van der Waals surface area contributed by atoms with E-state index in [0.717, 1.165) is 17.8 Å². The molecule has 0 unspecified atom stereocenters. The van der Waals surface area contributed by atoms with E-state index in [1.54, 1.807) is 21.8 Å². The van der Waals surface area contributed by atoms with Gasteiger partial charge in [0, 0.05) is 19.3 Å². The summed E-state index contributed by atoms with van der Waals surface area (Å²) in [5.74, 6) is -0.126. The molecule has 0 aliphatic carbocycles. The van der Waals surface area contributed by atoms with Gasteiger partial charge >= 0.3 is 6.18 Å². The normalized spacial score (nSPS) is 17.3. The molecule has 1 aromatic carbocycles. The van der Waals surface area contributed by atoms with Gasteiger partial charge in [0.15, 0.2) is 0 Å². The quantitative estimate of drug-likeness (QED) is 0.908. The van der Waals surface area contributed by atoms with Crippen LogP contribution in [-0.4, -0.2) is 38.8 Å². The number of hydrogen-bond acceptors (Lipinski definition) is 3. The fourth-order valence-corrected chi connectivity index (χ4v) is 3.19. The molecular formula is C18H20F3N3O2. The average Bonchev–Trinajstić information content (AvgIpc) is 2.99. The molecule has 2 aromatic rings. The zero-order chi connectivity index (χ0) is 18.9. The summed E-state index contributed by atoms with van der Waals surface area (Å²) in [7, 11) is 0. The first-order valence-corrected chi connectivity index (χ1v) is 8.35. The Bertz CT molecular complexity index is 793. The summed E-state index contributed by atoms with van der Waals surface area (Å²) in [6.07, 6.45) is -2.35. The van der Waals surface area contributed by atoms with Crippen molar-refractivity contribution in [3.8, 4) is 0 Å². The number of alkyl halides is 3. The third-order valence-corrected chi connectivity index (χ3v) is 4.74. The third-order valence-electron chi connectivity index (χ3n) is 4.74. The largest absolute Gasteiger partial charge is 0.416 e. The molecule has 0 bridgehead atoms. The van der Waals surface area contributed by atoms with Gasteiger partial charge in [0.1, 0.15) is 6.54 Å². The first kappa shape index (κ1) is 18.4. The van der Waals surface area contributed by atoms with Crippen LogP contribution in [0.15, 0.2) is 36.5 Å². The third kappa shape index (κ3) is 3.90. The number of aliphatic hydroxyl groups is 1. The number of carbonyl (C=O) groups excluding carboxylic acids is 1. The van der Waals surface area contributed by atoms with Crippen molar-refractivity contribution in [2.24, 2.45) is 0 Å². The SMILES string of the molecule is Cc1ccn(CC(=O)N2CCC(O)(c3cccc(C(F)(F)F)c3)CC2)n1. The summed E-state index contributed by atoms with van der Waals surface area (Å²) in [6, 6.07) is 6.57. The molecule has 1 aliphatic rings. The van der Waals surface area contributed by atoms with Crippen molar-refractivity contribution in [1.29, 1.82) is 0 Å². The maximum atomic E-state index is 12.9. The van der Waals surface area contributed by atoms with Crippen LogP contribution < -0.4 is 0 Å². The number of benzene rings is 1. The van der Waals surface area contributed by atoms with Gasteiger partial charge in [-0.3, -0.25) is 9.48 Å². The second-order valence-corrected chi connectivity index (χ2v) is 6.65. The maximum absolute atomic E-state index is 12.9. The highest BCUT2D eigenvalue weighted by Crippen LogP contribution is 2.36. The molecule has 2 heterocycles. The summed E-state index contributed by atoms with van der Waals surface area (Å²) in [5, 5.41) is 15.0. The molecule has 0 radical (unpaired) electrons. The molecule has 5 nitrogen and oxygen atoms in total. The number of nitrogens with zero attached hydrogens (tertiary/aromatic N) is 3. The Morgan fingerprint density at radius 3 is 2.54 bits per heavy atom. The predicted octanol–water partition coefficient (Wildman–Crippen LogP) is 2.72. The van der Waals surface area contributed by atoms with E-state index in [0.29, 0.717) is 0 Å². The topological polar surface area (TPSA) is 58.4 Å². The van der Waals surface area contributed by atoms with Gasteiger partial charge in [-0.2, -0.15) is 18.3 Å². The first-order chi connectivity index (χ1) is 12.2. The standard InChI is InChI=1S/C18H20F3N3O2/c1-13-5-8-24(22-13)12-16(25)23-9-6-17(26,7-10-23)14-3-2-4-15(11-14)18(19,20)21/h2-5,8,11,26H,6-7,9-10,12H2,1H3. The van der Waals surface area contributed by atoms with Crippen LogP contribution in [0.25, 0.3) is 0 Å². The molecule has 1 amide bonds. The molecule has 1 N–H and O–H groups in total. The highest BCUT2D eigenvalue weighted by atomic mass is 19.4. The second-order valence-electron chi connectivity index (χ2n) is 6.65. The number of likely N-dealkylation sites (tertiary alicyclic amines) is 1. The Kier molecular flexibility index (Phi) is 4.79. The van der Waals surface area contributed by atoms with Gasteiger partial charge in [0.25, 0.3) is 0 Å². The molecular weight excluding hydrogens is 347 g/mol. The molecule has 0 spiro atoms. The van der Waals surface area contributed by atoms with Gasteiger partial charge < -0.3 is 10.0 Å². The molecule has 1 fully saturated rings. The Labute approximate surface area is 149 Å². The molecule has 0 atom stereocenters. The van der Waals surface area contributed by atoms with Gasteiger partial charge in [0.2, 0.25) is 5.91 Å². The summed E-state index contributed by atoms with van der Waals surface area (Å²) in [6.45, 7) is 2.50. The molecule has 140 valence electrons. The van der Waals surface area contributed by atoms with E-state index in [2.05, 4.69) is 5.10 Å². The summed E-state index contributed by atoms with van der Waals surface area (Å²) in [5.41, 5.74) is -1.09. The van der Waals surface area contributed by atoms with Crippen molar-refractivity contribution in [2.75, 3.05) is 13.1 Å². The number of aromatic nitrogens is 2. The van der Waals surface area contributed by atoms with Crippen LogP contribution in [0.3, 0.4) is 0 Å². The lowest BCUT2D eigenvalue weighted by molar-refractivity contribution is -0.137. The van der Waals surface area contributed by atoms with Crippen LogP contribution in [0.1, 0.15) is 29.7 Å². The lowest BCUT2D eigenvalue weighted by atomic mass is 9.83. The summed E-state index contributed by atoms with van der Waals surface area (Å²) < 4.78 is 40.2. The minimum Gasteiger partial charge on any atom is -0.385 e. The first-order valence-electron chi connectivity index (χ1n) is 8.35. The Morgan fingerprint density at radius 2 is 1.96 bits per heavy atom. The van der Waals surface area contributed by atoms with Gasteiger partial charge in [-0.1, -0.05) is 12.1 Å². The molecule has 1 aromatic heterocycles. The zero-order valence-electron chi connectivity index (χ0n) is 14.3. The van der Waals surface area contributed by atoms with Crippen LogP contribution in [0.4, 0.5) is 13.2 Å². The summed E-state index contributed by atoms with van der Waals surface area (Å²) in [4.78, 5) is 14.0. The van der Waals surface area contributed by atoms with E-state index in [-0.39, 0.29) is 43.9 Å². The van der Waals surface area contributed by atoms with E-state index in [1.807, 2.05) is 6.92 Å². The highest BCUT2D eigenvalue weighted by Gasteiger charge is 2.37. The van der Waals surface area contributed by atoms with E-state index in [9.17, 15) is 23.1 Å². The van der Waals surface area contributed by atoms with Crippen LogP contribution >= 0.6 is 0 Å². The number of rotatable bonds is 3. The monoisotopic (exact) mass is 367 g/mol. The lowest BCUT2D eigenvalue weighted by Crippen LogP contribution is -2.46. The highest BCUT2D eigenvalue weighted by molar-refractivity contribution is 5.76. The number of piperidine rings is 1. The minimum absolute atomic E-state index is 0.107. The van der Waals surface area contributed by atoms with Crippen LogP contribution in [0.5, 0.6) is 0 Å². The summed E-state index contributed by atoms with van der Waals surface area (Å²) >= 11 is 0. The van der Waals surface area contributed by atoms with Crippen molar-refractivity contribution in [3.05, 3.63) is 53.3 Å². The molecule has 1 aliphatic heterocycles. The van der Waals surface area contributed by atoms with Crippen LogP contribution in [0.2, 0.25) is 0 Å². The lowest BCUT2D eigenvalue weighted by Gasteiger charge is -2.38. The van der Waals surface area contributed by atoms with Gasteiger partial charge in [-0.15, -0.1) is 0 Å². The molecule has 0 saturated carbocycles. The van der Waals surface area contributed by atoms with Crippen LogP contribution in [0, 0.1) is 6.92 Å². The van der Waals surface area contributed by atoms with E-state index in [4.69, 9.17) is 0 Å². The number of carbonyl (C=O) groups is 1. The number of hydrogen-bond donors (Lipinski definition) is 1. The second kappa shape index (κ2) is 6.75. The minimum atomic E-state index is -4.45. The molecule has 26 heavy (non-hydrogen) atoms. The van der Waals surface area contributed by atoms with Crippen molar-refractivity contribution >= 4 is 5.91 Å². The van der Waals surface area contributed by atoms with Gasteiger partial charge in [-0.25, -0.2) is 0 Å². The van der Waals surface area contributed by atoms with Crippen molar-refractivity contribution in [1.82, 2.24) is 14.7 Å². The molecule has 3 rings (SSSR count). The predicted molar refractivity (Wildman–Crippen MR) is 88.1 cm³/mol. The van der Waals surface area contributed by atoms with Gasteiger partial charge in [-0.05, 0) is 43.5 Å². The fraction of sp³-hybridized carbons (Fsp3) is 0.444. The van der Waals surface area contributed by atoms with E-state index < -0.39 is 17.3 Å². The smallest absolute Gasteiger partial charge is 0.385 e. The Hall–Kier alpha value is -2.35. The van der Waals surface area contributed by atoms with Crippen molar-refractivity contribution in [3.63, 3.8) is 0 Å². The maximum Gasteiger partial charge on any atom is 0.416 e. The Balaban J connectivity index is 1.66. The van der Waals surface area contributed by atoms with Gasteiger partial charge in [0.05, 0.1) is 16.9 Å². The average molecular weight is 367 g/mol. The van der Waals surface area contributed by atoms with Crippen molar-refractivity contribution in [2.45, 2.75) is 38.1 Å². The molecule has 1 saturated heterocycles. The number of halogens is 3. The number of amides is 1.